The molecular weight excluding hydrogens is 388 g/mol. The number of fused-ring (bicyclic) bond motifs is 1. The van der Waals surface area contributed by atoms with Gasteiger partial charge >= 0.3 is 0 Å². The molecule has 0 atom stereocenters. The molecule has 4 rings (SSSR count). The maximum absolute atomic E-state index is 9.45. The Balaban J connectivity index is 1.54. The number of nitrogens with zero attached hydrogens (tertiary/aromatic N) is 2. The van der Waals surface area contributed by atoms with Crippen LogP contribution in [0.3, 0.4) is 0 Å². The van der Waals surface area contributed by atoms with Gasteiger partial charge in [-0.2, -0.15) is 10.3 Å². The first-order chi connectivity index (χ1) is 15.2. The summed E-state index contributed by atoms with van der Waals surface area (Å²) >= 11 is 0. The van der Waals surface area contributed by atoms with Gasteiger partial charge in [-0.1, -0.05) is 24.3 Å². The summed E-state index contributed by atoms with van der Waals surface area (Å²) in [6.07, 6.45) is 8.29. The van der Waals surface area contributed by atoms with Crippen molar-refractivity contribution in [2.24, 2.45) is 10.4 Å². The second-order valence-corrected chi connectivity index (χ2v) is 8.54. The van der Waals surface area contributed by atoms with Gasteiger partial charge in [0.2, 0.25) is 6.19 Å². The molecule has 0 aromatic heterocycles. The monoisotopic (exact) mass is 418 g/mol. The van der Waals surface area contributed by atoms with Gasteiger partial charge in [0.15, 0.2) is 0 Å². The number of methoxy groups -OCH3 is 2. The molecular formula is C26H30N2O3. The third-order valence-corrected chi connectivity index (χ3v) is 6.70. The maximum Gasteiger partial charge on any atom is 0.205 e. The van der Waals surface area contributed by atoms with Gasteiger partial charge in [0.05, 0.1) is 18.9 Å². The zero-order chi connectivity index (χ0) is 21.7. The van der Waals surface area contributed by atoms with Crippen LogP contribution in [0.5, 0.6) is 5.75 Å². The summed E-state index contributed by atoms with van der Waals surface area (Å²) < 4.78 is 16.6. The van der Waals surface area contributed by atoms with Crippen molar-refractivity contribution in [2.75, 3.05) is 27.4 Å². The van der Waals surface area contributed by atoms with Crippen molar-refractivity contribution in [3.05, 3.63) is 53.6 Å². The maximum atomic E-state index is 9.45. The fraction of sp³-hybridized carbons (Fsp3) is 0.462. The van der Waals surface area contributed by atoms with Gasteiger partial charge in [-0.25, -0.2) is 0 Å². The van der Waals surface area contributed by atoms with Gasteiger partial charge in [-0.15, -0.1) is 0 Å². The molecule has 0 aliphatic heterocycles. The summed E-state index contributed by atoms with van der Waals surface area (Å²) in [5.74, 6) is 0.837. The van der Waals surface area contributed by atoms with Crippen LogP contribution in [0.1, 0.15) is 43.2 Å². The number of nitriles is 1. The Morgan fingerprint density at radius 2 is 1.87 bits per heavy atom. The van der Waals surface area contributed by atoms with Crippen molar-refractivity contribution >= 4 is 5.71 Å². The third kappa shape index (κ3) is 4.51. The van der Waals surface area contributed by atoms with E-state index >= 15 is 0 Å². The van der Waals surface area contributed by atoms with E-state index in [0.717, 1.165) is 79.9 Å². The summed E-state index contributed by atoms with van der Waals surface area (Å²) in [5.41, 5.74) is 5.56. The topological polar surface area (TPSA) is 63.8 Å². The largest absolute Gasteiger partial charge is 0.497 e. The Morgan fingerprint density at radius 1 is 1.06 bits per heavy atom. The van der Waals surface area contributed by atoms with Gasteiger partial charge < -0.3 is 14.2 Å². The number of rotatable bonds is 7. The summed E-state index contributed by atoms with van der Waals surface area (Å²) in [5, 5.41) is 9.45. The van der Waals surface area contributed by atoms with Gasteiger partial charge in [0.1, 0.15) is 5.75 Å². The Morgan fingerprint density at radius 3 is 2.61 bits per heavy atom. The number of benzene rings is 2. The summed E-state index contributed by atoms with van der Waals surface area (Å²) in [6, 6.07) is 14.6. The minimum Gasteiger partial charge on any atom is -0.497 e. The molecule has 0 N–H and O–H groups in total. The minimum absolute atomic E-state index is 0.0442. The second kappa shape index (κ2) is 9.64. The highest BCUT2D eigenvalue weighted by atomic mass is 16.5. The summed E-state index contributed by atoms with van der Waals surface area (Å²) in [6.45, 7) is 1.48. The van der Waals surface area contributed by atoms with Gasteiger partial charge in [0, 0.05) is 31.3 Å². The van der Waals surface area contributed by atoms with Crippen LogP contribution in [0.2, 0.25) is 0 Å². The van der Waals surface area contributed by atoms with Gasteiger partial charge in [-0.3, -0.25) is 0 Å². The average molecular weight is 419 g/mol. The first kappa shape index (κ1) is 21.5. The van der Waals surface area contributed by atoms with E-state index in [1.54, 1.807) is 14.2 Å². The van der Waals surface area contributed by atoms with E-state index in [2.05, 4.69) is 35.5 Å². The fourth-order valence-corrected chi connectivity index (χ4v) is 5.07. The Kier molecular flexibility index (Phi) is 6.70. The lowest BCUT2D eigenvalue weighted by molar-refractivity contribution is 0.00279. The van der Waals surface area contributed by atoms with Crippen molar-refractivity contribution in [1.29, 1.82) is 5.26 Å². The predicted octanol–water partition coefficient (Wildman–Crippen LogP) is 5.17. The van der Waals surface area contributed by atoms with Gasteiger partial charge in [0.25, 0.3) is 0 Å². The minimum atomic E-state index is -0.0442. The van der Waals surface area contributed by atoms with Crippen LogP contribution in [0.25, 0.3) is 11.1 Å². The standard InChI is InChI=1S/C26H30N2O3/c1-29-13-4-14-31-22-9-11-26(12-10-22)17-21-8-7-20(16-24(21)25(26)28-18-27)19-5-3-6-23(15-19)30-2/h3,5-8,15-16,22H,4,9-14,17H2,1-2H3/b28-25-/t22-,26-. The fourth-order valence-electron chi connectivity index (χ4n) is 5.07. The molecule has 2 aliphatic carbocycles. The molecule has 1 saturated carbocycles. The van der Waals surface area contributed by atoms with Crippen molar-refractivity contribution in [1.82, 2.24) is 0 Å². The Hall–Kier alpha value is -2.68. The number of aliphatic imine (C=N–C) groups is 1. The van der Waals surface area contributed by atoms with Crippen LogP contribution in [0.4, 0.5) is 0 Å². The van der Waals surface area contributed by atoms with Crippen molar-refractivity contribution in [3.63, 3.8) is 0 Å². The lowest BCUT2D eigenvalue weighted by Gasteiger charge is -2.37. The quantitative estimate of drug-likeness (QED) is 0.460. The SMILES string of the molecule is COCCCO[C@H]1CC[C@]2(CC1)Cc1ccc(-c3cccc(OC)c3)cc1/C2=N/C#N. The predicted molar refractivity (Wildman–Crippen MR) is 121 cm³/mol. The van der Waals surface area contributed by atoms with E-state index in [1.807, 2.05) is 18.2 Å². The Labute approximate surface area is 184 Å². The molecule has 0 heterocycles. The highest BCUT2D eigenvalue weighted by molar-refractivity contribution is 6.10. The van der Waals surface area contributed by atoms with E-state index in [9.17, 15) is 5.26 Å². The van der Waals surface area contributed by atoms with E-state index in [0.29, 0.717) is 6.10 Å². The molecule has 1 spiro atoms. The van der Waals surface area contributed by atoms with E-state index in [-0.39, 0.29) is 5.41 Å². The zero-order valence-corrected chi connectivity index (χ0v) is 18.4. The van der Waals surface area contributed by atoms with Crippen LogP contribution in [-0.4, -0.2) is 39.2 Å². The molecule has 0 saturated heterocycles. The van der Waals surface area contributed by atoms with Crippen molar-refractivity contribution in [3.8, 4) is 23.1 Å². The van der Waals surface area contributed by atoms with E-state index in [1.165, 1.54) is 5.56 Å². The summed E-state index contributed by atoms with van der Waals surface area (Å²) in [4.78, 5) is 4.36. The summed E-state index contributed by atoms with van der Waals surface area (Å²) in [7, 11) is 3.40. The van der Waals surface area contributed by atoms with Crippen LogP contribution in [-0.2, 0) is 15.9 Å². The van der Waals surface area contributed by atoms with Crippen LogP contribution < -0.4 is 4.74 Å². The lowest BCUT2D eigenvalue weighted by Crippen LogP contribution is -2.36. The van der Waals surface area contributed by atoms with Crippen LogP contribution in [0, 0.1) is 16.9 Å². The second-order valence-electron chi connectivity index (χ2n) is 8.54. The van der Waals surface area contributed by atoms with Crippen molar-refractivity contribution < 1.29 is 14.2 Å². The molecule has 5 heteroatoms. The third-order valence-electron chi connectivity index (χ3n) is 6.70. The number of hydrogen-bond donors (Lipinski definition) is 0. The molecule has 0 amide bonds. The zero-order valence-electron chi connectivity index (χ0n) is 18.4. The lowest BCUT2D eigenvalue weighted by atomic mass is 9.70. The molecule has 2 aromatic carbocycles. The molecule has 2 aromatic rings. The molecule has 1 fully saturated rings. The molecule has 31 heavy (non-hydrogen) atoms. The highest BCUT2D eigenvalue weighted by Crippen LogP contribution is 2.49. The first-order valence-corrected chi connectivity index (χ1v) is 11.0. The van der Waals surface area contributed by atoms with E-state index < -0.39 is 0 Å². The normalized spacial score (nSPS) is 23.6. The number of ether oxygens (including phenoxy) is 3. The molecule has 0 radical (unpaired) electrons. The molecule has 2 aliphatic rings. The molecule has 5 nitrogen and oxygen atoms in total. The molecule has 0 unspecified atom stereocenters. The molecule has 0 bridgehead atoms. The smallest absolute Gasteiger partial charge is 0.205 e. The van der Waals surface area contributed by atoms with Crippen LogP contribution in [0.15, 0.2) is 47.5 Å². The average Bonchev–Trinajstić information content (AvgIpc) is 3.10. The van der Waals surface area contributed by atoms with Crippen LogP contribution >= 0.6 is 0 Å². The molecule has 162 valence electrons. The van der Waals surface area contributed by atoms with E-state index in [4.69, 9.17) is 14.2 Å². The number of hydrogen-bond acceptors (Lipinski definition) is 5. The highest BCUT2D eigenvalue weighted by Gasteiger charge is 2.46. The van der Waals surface area contributed by atoms with Crippen molar-refractivity contribution in [2.45, 2.75) is 44.6 Å². The Bertz CT molecular complexity index is 984. The van der Waals surface area contributed by atoms with Gasteiger partial charge in [-0.05, 0) is 73.4 Å². The first-order valence-electron chi connectivity index (χ1n) is 11.0.